The first-order valence-electron chi connectivity index (χ1n) is 10.3. The number of carboxylic acid groups (broad SMARTS) is 1. The third kappa shape index (κ3) is 6.41. The third-order valence-electron chi connectivity index (χ3n) is 5.54. The van der Waals surface area contributed by atoms with Gasteiger partial charge in [-0.25, -0.2) is 0 Å². The molecule has 0 radical (unpaired) electrons. The van der Waals surface area contributed by atoms with Crippen molar-refractivity contribution in [1.82, 2.24) is 4.90 Å². The minimum absolute atomic E-state index is 0.177. The standard InChI is InChI=1S/C23H23F6NO4/c1-21(13-34-17-4-2-3-14(8-17)19(31)9-20(32)33)11-30(12-21)10-15-7-16(22(24,25)26)5-6-18(15)23(27,28)29/h2-8,19,31H,9-13H2,1H3,(H,32,33)/t19-/m1/s1. The van der Waals surface area contributed by atoms with Crippen LogP contribution in [0.1, 0.15) is 41.7 Å². The zero-order valence-corrected chi connectivity index (χ0v) is 18.1. The van der Waals surface area contributed by atoms with E-state index < -0.39 is 53.0 Å². The maximum absolute atomic E-state index is 13.3. The molecule has 1 aliphatic rings. The molecule has 3 rings (SSSR count). The molecule has 2 N–H and O–H groups in total. The van der Waals surface area contributed by atoms with Gasteiger partial charge in [0.05, 0.1) is 30.3 Å². The summed E-state index contributed by atoms with van der Waals surface area (Å²) in [5.41, 5.74) is -2.75. The second-order valence-electron chi connectivity index (χ2n) is 8.80. The molecule has 5 nitrogen and oxygen atoms in total. The van der Waals surface area contributed by atoms with E-state index in [0.29, 0.717) is 42.6 Å². The smallest absolute Gasteiger partial charge is 0.416 e. The molecule has 1 heterocycles. The van der Waals surface area contributed by atoms with E-state index >= 15 is 0 Å². The maximum atomic E-state index is 13.3. The number of halogens is 6. The van der Waals surface area contributed by atoms with Crippen LogP contribution in [0.15, 0.2) is 42.5 Å². The molecule has 11 heteroatoms. The van der Waals surface area contributed by atoms with Crippen molar-refractivity contribution in [2.75, 3.05) is 19.7 Å². The van der Waals surface area contributed by atoms with E-state index in [0.717, 1.165) is 0 Å². The monoisotopic (exact) mass is 491 g/mol. The highest BCUT2D eigenvalue weighted by Crippen LogP contribution is 2.39. The first-order chi connectivity index (χ1) is 15.7. The molecule has 2 aromatic carbocycles. The molecule has 1 atom stereocenters. The van der Waals surface area contributed by atoms with Crippen LogP contribution in [0.3, 0.4) is 0 Å². The Labute approximate surface area is 191 Å². The molecule has 0 bridgehead atoms. The van der Waals surface area contributed by atoms with E-state index in [1.54, 1.807) is 23.1 Å². The Morgan fingerprint density at radius 1 is 1.09 bits per heavy atom. The fourth-order valence-corrected chi connectivity index (χ4v) is 4.01. The number of nitrogens with zero attached hydrogens (tertiary/aromatic N) is 1. The maximum Gasteiger partial charge on any atom is 0.416 e. The van der Waals surface area contributed by atoms with Crippen LogP contribution in [-0.4, -0.2) is 40.8 Å². The molecule has 0 saturated carbocycles. The molecule has 0 spiro atoms. The second kappa shape index (κ2) is 9.46. The van der Waals surface area contributed by atoms with Crippen LogP contribution in [0.2, 0.25) is 0 Å². The number of hydrogen-bond acceptors (Lipinski definition) is 4. The number of carboxylic acids is 1. The first-order valence-corrected chi connectivity index (χ1v) is 10.3. The Hall–Kier alpha value is -2.79. The van der Waals surface area contributed by atoms with Crippen molar-refractivity contribution in [3.8, 4) is 5.75 Å². The molecule has 0 unspecified atom stereocenters. The van der Waals surface area contributed by atoms with Crippen LogP contribution < -0.4 is 4.74 Å². The second-order valence-corrected chi connectivity index (χ2v) is 8.80. The molecule has 34 heavy (non-hydrogen) atoms. The number of aliphatic carboxylic acids is 1. The first kappa shape index (κ1) is 25.8. The summed E-state index contributed by atoms with van der Waals surface area (Å²) in [5.74, 6) is -0.769. The molecule has 1 aliphatic heterocycles. The number of rotatable bonds is 8. The van der Waals surface area contributed by atoms with E-state index in [1.807, 2.05) is 6.92 Å². The van der Waals surface area contributed by atoms with Crippen LogP contribution in [0, 0.1) is 5.41 Å². The van der Waals surface area contributed by atoms with Crippen molar-refractivity contribution in [3.05, 3.63) is 64.7 Å². The van der Waals surface area contributed by atoms with E-state index in [1.165, 1.54) is 6.07 Å². The van der Waals surface area contributed by atoms with Gasteiger partial charge in [0.25, 0.3) is 0 Å². The highest BCUT2D eigenvalue weighted by atomic mass is 19.4. The van der Waals surface area contributed by atoms with Gasteiger partial charge in [-0.05, 0) is 41.5 Å². The van der Waals surface area contributed by atoms with Crippen LogP contribution >= 0.6 is 0 Å². The average Bonchev–Trinajstić information content (AvgIpc) is 2.69. The zero-order chi connectivity index (χ0) is 25.3. The van der Waals surface area contributed by atoms with Gasteiger partial charge in [-0.3, -0.25) is 9.69 Å². The topological polar surface area (TPSA) is 70.0 Å². The van der Waals surface area contributed by atoms with Gasteiger partial charge in [-0.2, -0.15) is 26.3 Å². The quantitative estimate of drug-likeness (QED) is 0.501. The SMILES string of the molecule is CC1(COc2cccc([C@H](O)CC(=O)O)c2)CN(Cc2cc(C(F)(F)F)ccc2C(F)(F)F)C1. The molecule has 0 aliphatic carbocycles. The molecule has 2 aromatic rings. The molecule has 186 valence electrons. The minimum atomic E-state index is -4.77. The Kier molecular flexibility index (Phi) is 7.18. The van der Waals surface area contributed by atoms with Crippen LogP contribution in [-0.2, 0) is 23.7 Å². The number of carbonyl (C=O) groups is 1. The number of alkyl halides is 6. The predicted molar refractivity (Wildman–Crippen MR) is 109 cm³/mol. The van der Waals surface area contributed by atoms with Crippen molar-refractivity contribution in [2.24, 2.45) is 5.41 Å². The lowest BCUT2D eigenvalue weighted by Gasteiger charge is -2.48. The van der Waals surface area contributed by atoms with Crippen molar-refractivity contribution >= 4 is 5.97 Å². The van der Waals surface area contributed by atoms with Gasteiger partial charge in [0, 0.05) is 25.0 Å². The van der Waals surface area contributed by atoms with E-state index in [9.17, 15) is 36.2 Å². The Morgan fingerprint density at radius 2 is 1.76 bits per heavy atom. The van der Waals surface area contributed by atoms with Gasteiger partial charge >= 0.3 is 18.3 Å². The summed E-state index contributed by atoms with van der Waals surface area (Å²) >= 11 is 0. The van der Waals surface area contributed by atoms with Crippen molar-refractivity contribution in [1.29, 1.82) is 0 Å². The van der Waals surface area contributed by atoms with Crippen molar-refractivity contribution in [3.63, 3.8) is 0 Å². The summed E-state index contributed by atoms with van der Waals surface area (Å²) in [5, 5.41) is 18.7. The Bertz CT molecular complexity index is 1030. The molecule has 1 saturated heterocycles. The predicted octanol–water partition coefficient (Wildman–Crippen LogP) is 5.13. The zero-order valence-electron chi connectivity index (χ0n) is 18.1. The summed E-state index contributed by atoms with van der Waals surface area (Å²) in [6.45, 7) is 2.34. The van der Waals surface area contributed by atoms with Gasteiger partial charge in [-0.1, -0.05) is 19.1 Å². The normalized spacial score (nSPS) is 17.2. The van der Waals surface area contributed by atoms with Gasteiger partial charge in [0.2, 0.25) is 0 Å². The Morgan fingerprint density at radius 3 is 2.35 bits per heavy atom. The molecule has 1 fully saturated rings. The molecule has 0 aromatic heterocycles. The lowest BCUT2D eigenvalue weighted by atomic mass is 9.82. The lowest BCUT2D eigenvalue weighted by Crippen LogP contribution is -2.56. The minimum Gasteiger partial charge on any atom is -0.493 e. The number of benzene rings is 2. The van der Waals surface area contributed by atoms with Crippen LogP contribution in [0.5, 0.6) is 5.75 Å². The van der Waals surface area contributed by atoms with Gasteiger partial charge in [0.1, 0.15) is 5.75 Å². The highest BCUT2D eigenvalue weighted by Gasteiger charge is 2.42. The Balaban J connectivity index is 1.62. The summed E-state index contributed by atoms with van der Waals surface area (Å²) in [6.07, 6.45) is -11.2. The van der Waals surface area contributed by atoms with Crippen LogP contribution in [0.25, 0.3) is 0 Å². The van der Waals surface area contributed by atoms with Crippen LogP contribution in [0.4, 0.5) is 26.3 Å². The average molecular weight is 491 g/mol. The fourth-order valence-electron chi connectivity index (χ4n) is 4.01. The fraction of sp³-hybridized carbons (Fsp3) is 0.435. The van der Waals surface area contributed by atoms with E-state index in [-0.39, 0.29) is 13.2 Å². The molecular weight excluding hydrogens is 468 g/mol. The highest BCUT2D eigenvalue weighted by molar-refractivity contribution is 5.67. The summed E-state index contributed by atoms with van der Waals surface area (Å²) < 4.78 is 84.6. The summed E-state index contributed by atoms with van der Waals surface area (Å²) in [6, 6.07) is 7.72. The van der Waals surface area contributed by atoms with Crippen molar-refractivity contribution < 1.29 is 46.1 Å². The summed E-state index contributed by atoms with van der Waals surface area (Å²) in [7, 11) is 0. The largest absolute Gasteiger partial charge is 0.493 e. The lowest BCUT2D eigenvalue weighted by molar-refractivity contribution is -0.142. The molecular formula is C23H23F6NO4. The van der Waals surface area contributed by atoms with Gasteiger partial charge in [0.15, 0.2) is 0 Å². The van der Waals surface area contributed by atoms with Gasteiger partial charge < -0.3 is 14.9 Å². The van der Waals surface area contributed by atoms with Gasteiger partial charge in [-0.15, -0.1) is 0 Å². The number of likely N-dealkylation sites (tertiary alicyclic amines) is 1. The third-order valence-corrected chi connectivity index (χ3v) is 5.54. The number of aliphatic hydroxyl groups is 1. The summed E-state index contributed by atoms with van der Waals surface area (Å²) in [4.78, 5) is 12.4. The van der Waals surface area contributed by atoms with Crippen molar-refractivity contribution in [2.45, 2.75) is 38.3 Å². The number of aliphatic hydroxyl groups excluding tert-OH is 1. The van der Waals surface area contributed by atoms with E-state index in [2.05, 4.69) is 0 Å². The number of ether oxygens (including phenoxy) is 1. The molecule has 0 amide bonds. The van der Waals surface area contributed by atoms with E-state index in [4.69, 9.17) is 9.84 Å². The number of hydrogen-bond donors (Lipinski definition) is 2.